The van der Waals surface area contributed by atoms with E-state index >= 15 is 0 Å². The van der Waals surface area contributed by atoms with Gasteiger partial charge in [0.25, 0.3) is 0 Å². The van der Waals surface area contributed by atoms with Crippen molar-refractivity contribution in [3.8, 4) is 6.07 Å². The zero-order valence-corrected chi connectivity index (χ0v) is 8.88. The largest absolute Gasteiger partial charge is 0.435 e. The van der Waals surface area contributed by atoms with Crippen LogP contribution in [-0.4, -0.2) is 15.5 Å². The number of alkyl halides is 4. The van der Waals surface area contributed by atoms with Crippen LogP contribution >= 0.6 is 15.9 Å². The van der Waals surface area contributed by atoms with Crippen molar-refractivity contribution in [2.45, 2.75) is 12.1 Å². The minimum Gasteiger partial charge on any atom is -0.198 e. The summed E-state index contributed by atoms with van der Waals surface area (Å²) >= 11 is 3.06. The third-order valence-corrected chi connectivity index (χ3v) is 2.29. The Labute approximate surface area is 92.1 Å². The lowest BCUT2D eigenvalue weighted by Gasteiger charge is -2.06. The molecule has 0 fully saturated rings. The van der Waals surface area contributed by atoms with Crippen LogP contribution in [0.25, 0.3) is 0 Å². The number of nitrogens with zero attached hydrogens (tertiary/aromatic N) is 3. The molecule has 0 bridgehead atoms. The number of nitriles is 1. The van der Waals surface area contributed by atoms with Crippen LogP contribution < -0.4 is 0 Å². The summed E-state index contributed by atoms with van der Waals surface area (Å²) in [5.41, 5.74) is -0.833. The number of hydrogen-bond acceptors (Lipinski definition) is 3. The smallest absolute Gasteiger partial charge is 0.198 e. The predicted octanol–water partition coefficient (Wildman–Crippen LogP) is 2.50. The first kappa shape index (κ1) is 11.9. The van der Waals surface area contributed by atoms with Gasteiger partial charge in [-0.25, -0.2) is 0 Å². The Kier molecular flexibility index (Phi) is 3.63. The van der Waals surface area contributed by atoms with Gasteiger partial charge in [-0.1, -0.05) is 15.9 Å². The van der Waals surface area contributed by atoms with Gasteiger partial charge in [0, 0.05) is 5.33 Å². The minimum atomic E-state index is -4.50. The Bertz CT molecular complexity index is 368. The molecule has 80 valence electrons. The third-order valence-electron chi connectivity index (χ3n) is 1.64. The topological polar surface area (TPSA) is 49.6 Å². The number of halogens is 4. The molecule has 3 nitrogen and oxygen atoms in total. The Morgan fingerprint density at radius 1 is 1.40 bits per heavy atom. The van der Waals surface area contributed by atoms with Gasteiger partial charge in [-0.3, -0.25) is 0 Å². The van der Waals surface area contributed by atoms with Crippen molar-refractivity contribution >= 4 is 15.9 Å². The van der Waals surface area contributed by atoms with Gasteiger partial charge >= 0.3 is 6.18 Å². The SMILES string of the molecule is N#CC(CBr)c1ccc(C(F)(F)F)nn1. The normalized spacial score (nSPS) is 13.3. The second kappa shape index (κ2) is 4.57. The summed E-state index contributed by atoms with van der Waals surface area (Å²) in [6.07, 6.45) is -4.50. The highest BCUT2D eigenvalue weighted by atomic mass is 79.9. The highest BCUT2D eigenvalue weighted by molar-refractivity contribution is 9.09. The van der Waals surface area contributed by atoms with E-state index < -0.39 is 17.8 Å². The Balaban J connectivity index is 2.96. The summed E-state index contributed by atoms with van der Waals surface area (Å²) in [5.74, 6) is -0.584. The third kappa shape index (κ3) is 2.89. The van der Waals surface area contributed by atoms with E-state index in [0.29, 0.717) is 5.33 Å². The summed E-state index contributed by atoms with van der Waals surface area (Å²) in [6.45, 7) is 0. The van der Waals surface area contributed by atoms with E-state index in [-0.39, 0.29) is 5.69 Å². The van der Waals surface area contributed by atoms with Gasteiger partial charge in [0.1, 0.15) is 0 Å². The molecule has 1 aromatic rings. The summed E-state index contributed by atoms with van der Waals surface area (Å²) in [7, 11) is 0. The van der Waals surface area contributed by atoms with Gasteiger partial charge in [0.05, 0.1) is 17.7 Å². The first-order valence-corrected chi connectivity index (χ1v) is 4.97. The number of rotatable bonds is 2. The van der Waals surface area contributed by atoms with Crippen LogP contribution in [0.5, 0.6) is 0 Å². The molecule has 0 amide bonds. The summed E-state index contributed by atoms with van der Waals surface area (Å²) in [6, 6.07) is 3.87. The summed E-state index contributed by atoms with van der Waals surface area (Å²) in [4.78, 5) is 0. The second-order valence-electron chi connectivity index (χ2n) is 2.68. The maximum absolute atomic E-state index is 12.1. The first-order chi connectivity index (χ1) is 6.99. The average molecular weight is 280 g/mol. The van der Waals surface area contributed by atoms with Crippen LogP contribution in [0.3, 0.4) is 0 Å². The molecule has 0 aromatic carbocycles. The molecule has 7 heteroatoms. The van der Waals surface area contributed by atoms with Gasteiger partial charge in [-0.15, -0.1) is 5.10 Å². The van der Waals surface area contributed by atoms with E-state index in [1.165, 1.54) is 0 Å². The predicted molar refractivity (Wildman–Crippen MR) is 49.2 cm³/mol. The van der Waals surface area contributed by atoms with Crippen molar-refractivity contribution in [1.29, 1.82) is 5.26 Å². The molecule has 0 aliphatic heterocycles. The first-order valence-electron chi connectivity index (χ1n) is 3.85. The van der Waals surface area contributed by atoms with Gasteiger partial charge in [-0.05, 0) is 12.1 Å². The second-order valence-corrected chi connectivity index (χ2v) is 3.32. The number of hydrogen-bond donors (Lipinski definition) is 0. The number of aromatic nitrogens is 2. The van der Waals surface area contributed by atoms with E-state index in [2.05, 4.69) is 26.1 Å². The zero-order chi connectivity index (χ0) is 11.5. The maximum Gasteiger partial charge on any atom is 0.435 e. The molecule has 15 heavy (non-hydrogen) atoms. The minimum absolute atomic E-state index is 0.224. The fraction of sp³-hybridized carbons (Fsp3) is 0.375. The molecule has 1 unspecified atom stereocenters. The van der Waals surface area contributed by atoms with Crippen molar-refractivity contribution in [3.63, 3.8) is 0 Å². The van der Waals surface area contributed by atoms with Gasteiger partial charge in [0.2, 0.25) is 0 Å². The van der Waals surface area contributed by atoms with Crippen molar-refractivity contribution in [2.24, 2.45) is 0 Å². The van der Waals surface area contributed by atoms with Crippen molar-refractivity contribution in [3.05, 3.63) is 23.5 Å². The van der Waals surface area contributed by atoms with Gasteiger partial charge < -0.3 is 0 Å². The van der Waals surface area contributed by atoms with Crippen LogP contribution in [0.4, 0.5) is 13.2 Å². The Morgan fingerprint density at radius 2 is 2.07 bits per heavy atom. The molecular formula is C8H5BrF3N3. The molecule has 1 aromatic heterocycles. The van der Waals surface area contributed by atoms with Crippen LogP contribution in [0.2, 0.25) is 0 Å². The Hall–Kier alpha value is -1.16. The monoisotopic (exact) mass is 279 g/mol. The molecule has 1 rings (SSSR count). The summed E-state index contributed by atoms with van der Waals surface area (Å²) in [5, 5.41) is 15.3. The molecule has 0 N–H and O–H groups in total. The van der Waals surface area contributed by atoms with E-state index in [1.54, 1.807) is 0 Å². The van der Waals surface area contributed by atoms with Crippen LogP contribution in [0.1, 0.15) is 17.3 Å². The molecular weight excluding hydrogens is 275 g/mol. The van der Waals surface area contributed by atoms with E-state index in [1.807, 2.05) is 6.07 Å². The van der Waals surface area contributed by atoms with Crippen LogP contribution in [0, 0.1) is 11.3 Å². The lowest BCUT2D eigenvalue weighted by Crippen LogP contribution is -2.11. The Morgan fingerprint density at radius 3 is 2.40 bits per heavy atom. The fourth-order valence-corrected chi connectivity index (χ4v) is 1.34. The molecule has 0 radical (unpaired) electrons. The van der Waals surface area contributed by atoms with E-state index in [0.717, 1.165) is 12.1 Å². The standard InChI is InChI=1S/C8H5BrF3N3/c9-3-5(4-13)6-1-2-7(15-14-6)8(10,11)12/h1-2,5H,3H2. The molecule has 0 saturated heterocycles. The van der Waals surface area contributed by atoms with Crippen LogP contribution in [0.15, 0.2) is 12.1 Å². The highest BCUT2D eigenvalue weighted by Crippen LogP contribution is 2.27. The van der Waals surface area contributed by atoms with E-state index in [9.17, 15) is 13.2 Å². The van der Waals surface area contributed by atoms with Crippen molar-refractivity contribution in [2.75, 3.05) is 5.33 Å². The fourth-order valence-electron chi connectivity index (χ4n) is 0.859. The molecule has 0 saturated carbocycles. The van der Waals surface area contributed by atoms with Gasteiger partial charge in [0.15, 0.2) is 5.69 Å². The highest BCUT2D eigenvalue weighted by Gasteiger charge is 2.33. The van der Waals surface area contributed by atoms with Crippen molar-refractivity contribution in [1.82, 2.24) is 10.2 Å². The lowest BCUT2D eigenvalue weighted by atomic mass is 10.1. The molecule has 1 atom stereocenters. The molecule has 0 aliphatic carbocycles. The average Bonchev–Trinajstić information content (AvgIpc) is 2.19. The van der Waals surface area contributed by atoms with Crippen molar-refractivity contribution < 1.29 is 13.2 Å². The maximum atomic E-state index is 12.1. The zero-order valence-electron chi connectivity index (χ0n) is 7.29. The summed E-state index contributed by atoms with van der Waals surface area (Å²) < 4.78 is 36.3. The molecule has 0 aliphatic rings. The molecule has 0 spiro atoms. The van der Waals surface area contributed by atoms with E-state index in [4.69, 9.17) is 5.26 Å². The molecule has 1 heterocycles. The van der Waals surface area contributed by atoms with Gasteiger partial charge in [-0.2, -0.15) is 23.5 Å². The van der Waals surface area contributed by atoms with Crippen LogP contribution in [-0.2, 0) is 6.18 Å². The quantitative estimate of drug-likeness (QED) is 0.782. The lowest BCUT2D eigenvalue weighted by molar-refractivity contribution is -0.141.